The van der Waals surface area contributed by atoms with Crippen LogP contribution < -0.4 is 5.32 Å². The molecular formula is C13H10FN3. The molecule has 1 heterocycles. The molecule has 0 unspecified atom stereocenters. The number of hydrogen-bond donors (Lipinski definition) is 1. The largest absolute Gasteiger partial charge is 0.338 e. The molecule has 84 valence electrons. The normalized spacial score (nSPS) is 9.71. The summed E-state index contributed by atoms with van der Waals surface area (Å²) in [6.07, 6.45) is 1.44. The van der Waals surface area contributed by atoms with Crippen molar-refractivity contribution in [3.05, 3.63) is 53.5 Å². The number of anilines is 2. The summed E-state index contributed by atoms with van der Waals surface area (Å²) in [5.74, 6) is 0.176. The van der Waals surface area contributed by atoms with Gasteiger partial charge in [-0.15, -0.1) is 0 Å². The minimum atomic E-state index is -0.332. The average molecular weight is 227 g/mol. The maximum absolute atomic E-state index is 13.5. The first-order valence-electron chi connectivity index (χ1n) is 5.08. The first-order valence-corrected chi connectivity index (χ1v) is 5.08. The van der Waals surface area contributed by atoms with Crippen LogP contribution in [0.3, 0.4) is 0 Å². The van der Waals surface area contributed by atoms with Crippen molar-refractivity contribution in [3.63, 3.8) is 0 Å². The van der Waals surface area contributed by atoms with E-state index in [1.165, 1.54) is 12.3 Å². The second-order valence-corrected chi connectivity index (χ2v) is 3.65. The zero-order valence-electron chi connectivity index (χ0n) is 9.24. The van der Waals surface area contributed by atoms with Gasteiger partial charge in [0.15, 0.2) is 0 Å². The van der Waals surface area contributed by atoms with E-state index in [9.17, 15) is 4.39 Å². The summed E-state index contributed by atoms with van der Waals surface area (Å²) >= 11 is 0. The van der Waals surface area contributed by atoms with Crippen LogP contribution in [0.25, 0.3) is 0 Å². The molecule has 0 amide bonds. The average Bonchev–Trinajstić information content (AvgIpc) is 2.35. The number of nitrogens with zero attached hydrogens (tertiary/aromatic N) is 2. The van der Waals surface area contributed by atoms with Gasteiger partial charge in [-0.1, -0.05) is 6.07 Å². The number of aromatic nitrogens is 1. The van der Waals surface area contributed by atoms with Gasteiger partial charge in [-0.2, -0.15) is 5.26 Å². The number of pyridine rings is 1. The maximum atomic E-state index is 13.5. The summed E-state index contributed by atoms with van der Waals surface area (Å²) in [4.78, 5) is 4.02. The highest BCUT2D eigenvalue weighted by Crippen LogP contribution is 2.19. The molecule has 0 bridgehead atoms. The minimum Gasteiger partial charge on any atom is -0.338 e. The SMILES string of the molecule is Cc1ccc(F)c(Nc2ccc(C#N)cn2)c1. The summed E-state index contributed by atoms with van der Waals surface area (Å²) in [7, 11) is 0. The van der Waals surface area contributed by atoms with Crippen molar-refractivity contribution in [1.82, 2.24) is 4.98 Å². The lowest BCUT2D eigenvalue weighted by molar-refractivity contribution is 0.631. The molecule has 0 atom stereocenters. The third-order valence-electron chi connectivity index (χ3n) is 2.28. The fourth-order valence-corrected chi connectivity index (χ4v) is 1.41. The second-order valence-electron chi connectivity index (χ2n) is 3.65. The molecule has 0 aliphatic heterocycles. The number of hydrogen-bond acceptors (Lipinski definition) is 3. The van der Waals surface area contributed by atoms with Crippen molar-refractivity contribution in [2.24, 2.45) is 0 Å². The van der Waals surface area contributed by atoms with Crippen LogP contribution in [0.2, 0.25) is 0 Å². The Balaban J connectivity index is 2.25. The van der Waals surface area contributed by atoms with E-state index in [0.717, 1.165) is 5.56 Å². The summed E-state index contributed by atoms with van der Waals surface area (Å²) in [5.41, 5.74) is 1.81. The van der Waals surface area contributed by atoms with E-state index in [1.54, 1.807) is 24.3 Å². The van der Waals surface area contributed by atoms with E-state index in [-0.39, 0.29) is 5.82 Å². The van der Waals surface area contributed by atoms with Crippen molar-refractivity contribution in [1.29, 1.82) is 5.26 Å². The first kappa shape index (κ1) is 11.1. The van der Waals surface area contributed by atoms with Gasteiger partial charge in [-0.3, -0.25) is 0 Å². The summed E-state index contributed by atoms with van der Waals surface area (Å²) in [5, 5.41) is 11.5. The van der Waals surface area contributed by atoms with Crippen molar-refractivity contribution >= 4 is 11.5 Å². The maximum Gasteiger partial charge on any atom is 0.146 e. The van der Waals surface area contributed by atoms with Crippen LogP contribution in [-0.4, -0.2) is 4.98 Å². The molecule has 17 heavy (non-hydrogen) atoms. The fraction of sp³-hybridized carbons (Fsp3) is 0.0769. The Morgan fingerprint density at radius 2 is 2.12 bits per heavy atom. The molecule has 0 aliphatic rings. The van der Waals surface area contributed by atoms with E-state index in [1.807, 2.05) is 13.0 Å². The summed E-state index contributed by atoms with van der Waals surface area (Å²) in [6.45, 7) is 1.89. The Kier molecular flexibility index (Phi) is 3.01. The molecule has 0 fully saturated rings. The smallest absolute Gasteiger partial charge is 0.146 e. The zero-order chi connectivity index (χ0) is 12.3. The number of nitrogens with one attached hydrogen (secondary N) is 1. The van der Waals surface area contributed by atoms with Crippen molar-refractivity contribution < 1.29 is 4.39 Å². The lowest BCUT2D eigenvalue weighted by atomic mass is 10.2. The van der Waals surface area contributed by atoms with Gasteiger partial charge in [0, 0.05) is 6.20 Å². The van der Waals surface area contributed by atoms with Crippen molar-refractivity contribution in [3.8, 4) is 6.07 Å². The predicted molar refractivity (Wildman–Crippen MR) is 63.4 cm³/mol. The lowest BCUT2D eigenvalue weighted by Crippen LogP contribution is -1.96. The van der Waals surface area contributed by atoms with Crippen LogP contribution in [-0.2, 0) is 0 Å². The van der Waals surface area contributed by atoms with Gasteiger partial charge in [-0.05, 0) is 36.8 Å². The van der Waals surface area contributed by atoms with Gasteiger partial charge < -0.3 is 5.32 Å². The van der Waals surface area contributed by atoms with Crippen LogP contribution in [0.5, 0.6) is 0 Å². The van der Waals surface area contributed by atoms with E-state index in [2.05, 4.69) is 10.3 Å². The Bertz CT molecular complexity index is 570. The van der Waals surface area contributed by atoms with E-state index >= 15 is 0 Å². The summed E-state index contributed by atoms with van der Waals surface area (Å²) < 4.78 is 13.5. The van der Waals surface area contributed by atoms with Gasteiger partial charge in [0.25, 0.3) is 0 Å². The molecule has 2 aromatic rings. The van der Waals surface area contributed by atoms with Gasteiger partial charge in [-0.25, -0.2) is 9.37 Å². The van der Waals surface area contributed by atoms with E-state index < -0.39 is 0 Å². The molecule has 1 N–H and O–H groups in total. The highest BCUT2D eigenvalue weighted by Gasteiger charge is 2.03. The molecule has 0 saturated carbocycles. The lowest BCUT2D eigenvalue weighted by Gasteiger charge is -2.07. The van der Waals surface area contributed by atoms with Crippen LogP contribution in [0.4, 0.5) is 15.9 Å². The number of nitriles is 1. The zero-order valence-corrected chi connectivity index (χ0v) is 9.24. The third kappa shape index (κ3) is 2.58. The molecular weight excluding hydrogens is 217 g/mol. The van der Waals surface area contributed by atoms with Crippen LogP contribution in [0.15, 0.2) is 36.5 Å². The van der Waals surface area contributed by atoms with Crippen LogP contribution in [0, 0.1) is 24.1 Å². The van der Waals surface area contributed by atoms with Gasteiger partial charge >= 0.3 is 0 Å². The molecule has 1 aromatic carbocycles. The number of benzene rings is 1. The number of aryl methyl sites for hydroxylation is 1. The van der Waals surface area contributed by atoms with E-state index in [0.29, 0.717) is 17.1 Å². The number of rotatable bonds is 2. The van der Waals surface area contributed by atoms with Gasteiger partial charge in [0.05, 0.1) is 11.3 Å². The molecule has 0 saturated heterocycles. The minimum absolute atomic E-state index is 0.332. The quantitative estimate of drug-likeness (QED) is 0.857. The first-order chi connectivity index (χ1) is 8.19. The van der Waals surface area contributed by atoms with Crippen LogP contribution >= 0.6 is 0 Å². The Hall–Kier alpha value is -2.41. The molecule has 0 spiro atoms. The number of halogens is 1. The molecule has 0 radical (unpaired) electrons. The Morgan fingerprint density at radius 1 is 1.29 bits per heavy atom. The van der Waals surface area contributed by atoms with Crippen molar-refractivity contribution in [2.45, 2.75) is 6.92 Å². The van der Waals surface area contributed by atoms with Gasteiger partial charge in [0.1, 0.15) is 17.7 Å². The highest BCUT2D eigenvalue weighted by atomic mass is 19.1. The Labute approximate surface area is 98.5 Å². The second kappa shape index (κ2) is 4.62. The molecule has 0 aliphatic carbocycles. The van der Waals surface area contributed by atoms with Crippen LogP contribution in [0.1, 0.15) is 11.1 Å². The Morgan fingerprint density at radius 3 is 2.76 bits per heavy atom. The molecule has 2 rings (SSSR count). The molecule has 3 nitrogen and oxygen atoms in total. The molecule has 1 aromatic heterocycles. The van der Waals surface area contributed by atoms with Crippen molar-refractivity contribution in [2.75, 3.05) is 5.32 Å². The standard InChI is InChI=1S/C13H10FN3/c1-9-2-4-11(14)12(6-9)17-13-5-3-10(7-15)8-16-13/h2-6,8H,1H3,(H,16,17). The van der Waals surface area contributed by atoms with Gasteiger partial charge in [0.2, 0.25) is 0 Å². The monoisotopic (exact) mass is 227 g/mol. The highest BCUT2D eigenvalue weighted by molar-refractivity contribution is 5.58. The summed E-state index contributed by atoms with van der Waals surface area (Å²) in [6, 6.07) is 10.1. The fourth-order valence-electron chi connectivity index (χ4n) is 1.41. The third-order valence-corrected chi connectivity index (χ3v) is 2.28. The van der Waals surface area contributed by atoms with E-state index in [4.69, 9.17) is 5.26 Å². The molecule has 4 heteroatoms. The topological polar surface area (TPSA) is 48.7 Å². The predicted octanol–water partition coefficient (Wildman–Crippen LogP) is 3.14.